The zero-order chi connectivity index (χ0) is 26.8. The maximum atomic E-state index is 13.7. The van der Waals surface area contributed by atoms with E-state index in [1.165, 1.54) is 0 Å². The summed E-state index contributed by atoms with van der Waals surface area (Å²) in [5.74, 6) is 0.00718. The van der Waals surface area contributed by atoms with Crippen molar-refractivity contribution in [3.8, 4) is 5.75 Å². The summed E-state index contributed by atoms with van der Waals surface area (Å²) < 4.78 is 6.68. The molecule has 196 valence electrons. The minimum absolute atomic E-state index is 0.130. The highest BCUT2D eigenvalue weighted by Gasteiger charge is 2.31. The SMILES string of the molecule is CCCNC(=O)[C@@H](Cc1ccccc1)N(Cc1ccc(Cl)cc1Cl)C(=O)COc1ccc(CC)cc1Br. The lowest BCUT2D eigenvalue weighted by Crippen LogP contribution is -2.51. The van der Waals surface area contributed by atoms with Crippen molar-refractivity contribution in [3.05, 3.63) is 97.9 Å². The summed E-state index contributed by atoms with van der Waals surface area (Å²) in [5.41, 5.74) is 2.78. The van der Waals surface area contributed by atoms with E-state index >= 15 is 0 Å². The third kappa shape index (κ3) is 8.49. The van der Waals surface area contributed by atoms with Crippen LogP contribution in [0.3, 0.4) is 0 Å². The van der Waals surface area contributed by atoms with E-state index in [1.807, 2.05) is 55.5 Å². The maximum absolute atomic E-state index is 13.7. The van der Waals surface area contributed by atoms with Crippen LogP contribution in [0.25, 0.3) is 0 Å². The summed E-state index contributed by atoms with van der Waals surface area (Å²) in [5, 5.41) is 3.88. The number of hydrogen-bond donors (Lipinski definition) is 1. The second kappa shape index (κ2) is 14.4. The van der Waals surface area contributed by atoms with E-state index in [0.717, 1.165) is 28.4 Å². The van der Waals surface area contributed by atoms with E-state index in [4.69, 9.17) is 27.9 Å². The summed E-state index contributed by atoms with van der Waals surface area (Å²) in [4.78, 5) is 28.6. The normalized spacial score (nSPS) is 11.6. The number of ether oxygens (including phenoxy) is 1. The molecule has 3 rings (SSSR count). The van der Waals surface area contributed by atoms with Crippen LogP contribution in [0.5, 0.6) is 5.75 Å². The van der Waals surface area contributed by atoms with E-state index < -0.39 is 6.04 Å². The Hall–Kier alpha value is -2.54. The molecule has 0 unspecified atom stereocenters. The van der Waals surface area contributed by atoms with Crippen molar-refractivity contribution in [1.29, 1.82) is 0 Å². The highest BCUT2D eigenvalue weighted by Crippen LogP contribution is 2.27. The molecule has 0 fully saturated rings. The molecule has 1 N–H and O–H groups in total. The molecule has 0 heterocycles. The number of carbonyl (C=O) groups is 2. The molecule has 0 aliphatic carbocycles. The van der Waals surface area contributed by atoms with Crippen LogP contribution in [0.15, 0.2) is 71.2 Å². The van der Waals surface area contributed by atoms with Gasteiger partial charge in [-0.2, -0.15) is 0 Å². The van der Waals surface area contributed by atoms with E-state index in [2.05, 4.69) is 28.2 Å². The van der Waals surface area contributed by atoms with Gasteiger partial charge < -0.3 is 15.0 Å². The van der Waals surface area contributed by atoms with Crippen molar-refractivity contribution >= 4 is 50.9 Å². The third-order valence-corrected chi connectivity index (χ3v) is 7.14. The second-order valence-electron chi connectivity index (χ2n) is 8.66. The van der Waals surface area contributed by atoms with Crippen molar-refractivity contribution in [3.63, 3.8) is 0 Å². The Labute approximate surface area is 237 Å². The van der Waals surface area contributed by atoms with Crippen LogP contribution in [0.4, 0.5) is 0 Å². The van der Waals surface area contributed by atoms with Crippen molar-refractivity contribution < 1.29 is 14.3 Å². The Balaban J connectivity index is 1.92. The number of carbonyl (C=O) groups excluding carboxylic acids is 2. The number of nitrogens with one attached hydrogen (secondary N) is 1. The molecule has 0 bridgehead atoms. The van der Waals surface area contributed by atoms with Crippen molar-refractivity contribution in [2.24, 2.45) is 0 Å². The minimum Gasteiger partial charge on any atom is -0.483 e. The fourth-order valence-corrected chi connectivity index (χ4v) is 4.87. The largest absolute Gasteiger partial charge is 0.483 e. The quantitative estimate of drug-likeness (QED) is 0.245. The first-order valence-electron chi connectivity index (χ1n) is 12.3. The lowest BCUT2D eigenvalue weighted by molar-refractivity contribution is -0.142. The number of benzene rings is 3. The first-order valence-corrected chi connectivity index (χ1v) is 13.8. The molecular formula is C29H31BrCl2N2O3. The van der Waals surface area contributed by atoms with Crippen LogP contribution in [0, 0.1) is 0 Å². The number of hydrogen-bond acceptors (Lipinski definition) is 3. The highest BCUT2D eigenvalue weighted by molar-refractivity contribution is 9.10. The fourth-order valence-electron chi connectivity index (χ4n) is 3.86. The molecule has 37 heavy (non-hydrogen) atoms. The average molecular weight is 606 g/mol. The van der Waals surface area contributed by atoms with Crippen LogP contribution in [-0.4, -0.2) is 35.9 Å². The van der Waals surface area contributed by atoms with Gasteiger partial charge in [-0.3, -0.25) is 9.59 Å². The Bertz CT molecular complexity index is 1210. The Morgan fingerprint density at radius 1 is 1.00 bits per heavy atom. The molecule has 0 aliphatic rings. The summed E-state index contributed by atoms with van der Waals surface area (Å²) in [6.07, 6.45) is 2.02. The van der Waals surface area contributed by atoms with Gasteiger partial charge in [0.15, 0.2) is 6.61 Å². The van der Waals surface area contributed by atoms with Crippen LogP contribution < -0.4 is 10.1 Å². The number of nitrogens with zero attached hydrogens (tertiary/aromatic N) is 1. The van der Waals surface area contributed by atoms with Crippen LogP contribution in [0.2, 0.25) is 10.0 Å². The fraction of sp³-hybridized carbons (Fsp3) is 0.310. The van der Waals surface area contributed by atoms with Gasteiger partial charge in [-0.25, -0.2) is 0 Å². The molecule has 0 aromatic heterocycles. The van der Waals surface area contributed by atoms with E-state index in [1.54, 1.807) is 23.1 Å². The molecule has 0 saturated heterocycles. The molecule has 1 atom stereocenters. The molecule has 5 nitrogen and oxygen atoms in total. The minimum atomic E-state index is -0.761. The van der Waals surface area contributed by atoms with Crippen molar-refractivity contribution in [2.75, 3.05) is 13.2 Å². The standard InChI is InChI=1S/C29H31BrCl2N2O3/c1-3-14-33-29(36)26(16-21-8-6-5-7-9-21)34(18-22-11-12-23(31)17-25(22)32)28(35)19-37-27-13-10-20(4-2)15-24(27)30/h5-13,15,17,26H,3-4,14,16,18-19H2,1-2H3,(H,33,36)/t26-/m1/s1. The van der Waals surface area contributed by atoms with E-state index in [-0.39, 0.29) is 25.0 Å². The van der Waals surface area contributed by atoms with E-state index in [0.29, 0.717) is 34.3 Å². The molecule has 3 aromatic carbocycles. The molecule has 0 aliphatic heterocycles. The van der Waals surface area contributed by atoms with Crippen molar-refractivity contribution in [2.45, 2.75) is 45.7 Å². The van der Waals surface area contributed by atoms with Crippen LogP contribution >= 0.6 is 39.1 Å². The maximum Gasteiger partial charge on any atom is 0.261 e. The molecule has 2 amide bonds. The Morgan fingerprint density at radius 3 is 2.41 bits per heavy atom. The highest BCUT2D eigenvalue weighted by atomic mass is 79.9. The molecule has 0 radical (unpaired) electrons. The Morgan fingerprint density at radius 2 is 1.76 bits per heavy atom. The van der Waals surface area contributed by atoms with Gasteiger partial charge in [-0.05, 0) is 69.7 Å². The third-order valence-electron chi connectivity index (χ3n) is 5.93. The van der Waals surface area contributed by atoms with Gasteiger partial charge in [-0.15, -0.1) is 0 Å². The zero-order valence-electron chi connectivity index (χ0n) is 21.0. The van der Waals surface area contributed by atoms with Gasteiger partial charge in [0.2, 0.25) is 5.91 Å². The monoisotopic (exact) mass is 604 g/mol. The molecule has 3 aromatic rings. The summed E-state index contributed by atoms with van der Waals surface area (Å²) in [6, 6.07) is 19.8. The molecule has 0 spiro atoms. The topological polar surface area (TPSA) is 58.6 Å². The van der Waals surface area contributed by atoms with Gasteiger partial charge in [0.1, 0.15) is 11.8 Å². The molecule has 8 heteroatoms. The van der Waals surface area contributed by atoms with Gasteiger partial charge in [0.25, 0.3) is 5.91 Å². The van der Waals surface area contributed by atoms with Crippen LogP contribution in [0.1, 0.15) is 37.0 Å². The lowest BCUT2D eigenvalue weighted by atomic mass is 10.0. The predicted molar refractivity (Wildman–Crippen MR) is 153 cm³/mol. The molecular weight excluding hydrogens is 575 g/mol. The predicted octanol–water partition coefficient (Wildman–Crippen LogP) is 6.86. The first kappa shape index (κ1) is 29.0. The van der Waals surface area contributed by atoms with Gasteiger partial charge in [0.05, 0.1) is 4.47 Å². The summed E-state index contributed by atoms with van der Waals surface area (Å²) in [6.45, 7) is 4.47. The number of rotatable bonds is 12. The van der Waals surface area contributed by atoms with E-state index in [9.17, 15) is 9.59 Å². The number of halogens is 3. The van der Waals surface area contributed by atoms with Gasteiger partial charge in [0, 0.05) is 29.6 Å². The lowest BCUT2D eigenvalue weighted by Gasteiger charge is -2.31. The van der Waals surface area contributed by atoms with Crippen LogP contribution in [-0.2, 0) is 29.0 Å². The average Bonchev–Trinajstić information content (AvgIpc) is 2.90. The molecule has 0 saturated carbocycles. The van der Waals surface area contributed by atoms with Gasteiger partial charge >= 0.3 is 0 Å². The zero-order valence-corrected chi connectivity index (χ0v) is 24.1. The smallest absolute Gasteiger partial charge is 0.261 e. The summed E-state index contributed by atoms with van der Waals surface area (Å²) >= 11 is 16.1. The Kier molecular flexibility index (Phi) is 11.3. The second-order valence-corrected chi connectivity index (χ2v) is 10.4. The van der Waals surface area contributed by atoms with Gasteiger partial charge in [-0.1, -0.05) is 79.5 Å². The first-order chi connectivity index (χ1) is 17.8. The van der Waals surface area contributed by atoms with Crippen molar-refractivity contribution in [1.82, 2.24) is 10.2 Å². The number of aryl methyl sites for hydroxylation is 1. The summed E-state index contributed by atoms with van der Waals surface area (Å²) in [7, 11) is 0. The number of amides is 2.